The van der Waals surface area contributed by atoms with Crippen molar-refractivity contribution in [3.8, 4) is 22.7 Å². The predicted molar refractivity (Wildman–Crippen MR) is 97.5 cm³/mol. The van der Waals surface area contributed by atoms with Gasteiger partial charge < -0.3 is 14.6 Å². The van der Waals surface area contributed by atoms with Gasteiger partial charge in [0.25, 0.3) is 0 Å². The zero-order chi connectivity index (χ0) is 18.1. The number of phenols is 1. The number of anilines is 1. The van der Waals surface area contributed by atoms with E-state index in [9.17, 15) is 14.3 Å². The molecule has 132 valence electrons. The Hall–Kier alpha value is -3.15. The van der Waals surface area contributed by atoms with Crippen LogP contribution in [0.2, 0.25) is 0 Å². The summed E-state index contributed by atoms with van der Waals surface area (Å²) in [6.07, 6.45) is 6.31. The number of aromatic hydroxyl groups is 1. The molecule has 0 amide bonds. The highest BCUT2D eigenvalue weighted by Crippen LogP contribution is 2.28. The van der Waals surface area contributed by atoms with Crippen LogP contribution in [0.1, 0.15) is 23.2 Å². The second kappa shape index (κ2) is 6.63. The van der Waals surface area contributed by atoms with Crippen LogP contribution in [0.3, 0.4) is 0 Å². The van der Waals surface area contributed by atoms with Crippen molar-refractivity contribution < 1.29 is 14.3 Å². The number of carbonyl (C=O) groups is 1. The first kappa shape index (κ1) is 16.3. The minimum absolute atomic E-state index is 0.0930. The van der Waals surface area contributed by atoms with Crippen molar-refractivity contribution in [1.29, 1.82) is 0 Å². The average molecular weight is 351 g/mol. The van der Waals surface area contributed by atoms with Crippen LogP contribution in [-0.2, 0) is 0 Å². The highest BCUT2D eigenvalue weighted by atomic mass is 19.1. The number of imidazole rings is 1. The number of carbonyl (C=O) groups excluding carboxylic acids is 1. The molecule has 1 aromatic heterocycles. The van der Waals surface area contributed by atoms with Gasteiger partial charge in [-0.3, -0.25) is 4.79 Å². The molecule has 1 fully saturated rings. The average Bonchev–Trinajstić information content (AvgIpc) is 3.36. The number of aromatic nitrogens is 2. The molecule has 1 N–H and O–H groups in total. The first-order valence-corrected chi connectivity index (χ1v) is 8.53. The van der Waals surface area contributed by atoms with Crippen LogP contribution >= 0.6 is 0 Å². The van der Waals surface area contributed by atoms with Gasteiger partial charge in [0.05, 0.1) is 17.6 Å². The second-order valence-electron chi connectivity index (χ2n) is 6.39. The van der Waals surface area contributed by atoms with E-state index in [0.29, 0.717) is 17.5 Å². The van der Waals surface area contributed by atoms with Crippen LogP contribution in [0.4, 0.5) is 10.1 Å². The maximum atomic E-state index is 13.8. The molecule has 5 nitrogen and oxygen atoms in total. The quantitative estimate of drug-likeness (QED) is 0.727. The summed E-state index contributed by atoms with van der Waals surface area (Å²) in [6, 6.07) is 10.8. The first-order valence-electron chi connectivity index (χ1n) is 8.53. The highest BCUT2D eigenvalue weighted by molar-refractivity contribution is 5.82. The van der Waals surface area contributed by atoms with E-state index in [4.69, 9.17) is 0 Å². The molecule has 2 heterocycles. The van der Waals surface area contributed by atoms with Crippen molar-refractivity contribution in [2.75, 3.05) is 18.0 Å². The molecule has 1 saturated heterocycles. The topological polar surface area (TPSA) is 58.4 Å². The van der Waals surface area contributed by atoms with Crippen LogP contribution in [0.25, 0.3) is 16.9 Å². The number of halogens is 1. The minimum Gasteiger partial charge on any atom is -0.504 e. The van der Waals surface area contributed by atoms with Gasteiger partial charge in [-0.05, 0) is 49.2 Å². The number of hydrogen-bond donors (Lipinski definition) is 1. The number of benzene rings is 2. The third-order valence-corrected chi connectivity index (χ3v) is 4.72. The van der Waals surface area contributed by atoms with Gasteiger partial charge in [0.1, 0.15) is 0 Å². The van der Waals surface area contributed by atoms with Gasteiger partial charge in [-0.25, -0.2) is 9.37 Å². The maximum Gasteiger partial charge on any atom is 0.166 e. The van der Waals surface area contributed by atoms with Gasteiger partial charge in [0, 0.05) is 36.2 Å². The van der Waals surface area contributed by atoms with Crippen LogP contribution in [0, 0.1) is 5.82 Å². The van der Waals surface area contributed by atoms with E-state index < -0.39 is 11.6 Å². The summed E-state index contributed by atoms with van der Waals surface area (Å²) in [7, 11) is 0. The summed E-state index contributed by atoms with van der Waals surface area (Å²) < 4.78 is 15.6. The van der Waals surface area contributed by atoms with Crippen LogP contribution in [0.5, 0.6) is 5.75 Å². The lowest BCUT2D eigenvalue weighted by molar-refractivity contribution is 0.112. The molecule has 3 aromatic rings. The highest BCUT2D eigenvalue weighted by Gasteiger charge is 2.14. The van der Waals surface area contributed by atoms with E-state index in [2.05, 4.69) is 22.0 Å². The van der Waals surface area contributed by atoms with Gasteiger partial charge in [0.15, 0.2) is 17.9 Å². The van der Waals surface area contributed by atoms with Gasteiger partial charge in [-0.2, -0.15) is 0 Å². The lowest BCUT2D eigenvalue weighted by atomic mass is 10.1. The number of rotatable bonds is 4. The van der Waals surface area contributed by atoms with Crippen LogP contribution in [0.15, 0.2) is 48.9 Å². The molecule has 0 atom stereocenters. The zero-order valence-electron chi connectivity index (χ0n) is 14.1. The van der Waals surface area contributed by atoms with Crippen molar-refractivity contribution >= 4 is 12.0 Å². The second-order valence-corrected chi connectivity index (χ2v) is 6.39. The molecule has 0 unspecified atom stereocenters. The molecule has 0 bridgehead atoms. The summed E-state index contributed by atoms with van der Waals surface area (Å²) in [5.74, 6) is -1.48. The Morgan fingerprint density at radius 3 is 2.46 bits per heavy atom. The molecule has 0 radical (unpaired) electrons. The van der Waals surface area contributed by atoms with Crippen molar-refractivity contribution in [2.45, 2.75) is 12.8 Å². The summed E-state index contributed by atoms with van der Waals surface area (Å²) >= 11 is 0. The van der Waals surface area contributed by atoms with Crippen LogP contribution in [-0.4, -0.2) is 34.0 Å². The molecular formula is C20H18FN3O2. The Labute approximate surface area is 150 Å². The van der Waals surface area contributed by atoms with Gasteiger partial charge in [0.2, 0.25) is 0 Å². The molecule has 4 rings (SSSR count). The third-order valence-electron chi connectivity index (χ3n) is 4.72. The molecule has 1 aliphatic heterocycles. The molecule has 0 saturated carbocycles. The first-order chi connectivity index (χ1) is 12.7. The fraction of sp³-hybridized carbons (Fsp3) is 0.200. The molecule has 2 aromatic carbocycles. The Kier molecular flexibility index (Phi) is 4.16. The lowest BCUT2D eigenvalue weighted by Gasteiger charge is -2.17. The van der Waals surface area contributed by atoms with Crippen molar-refractivity contribution in [3.05, 3.63) is 60.3 Å². The summed E-state index contributed by atoms with van der Waals surface area (Å²) in [4.78, 5) is 17.6. The standard InChI is InChI=1S/C20H18FN3O2/c21-18-10-14(9-15(12-25)20(18)26)19-11-24(13-22-19)17-5-3-16(4-6-17)23-7-1-2-8-23/h3-6,9-13,26H,1-2,7-8H2. The fourth-order valence-corrected chi connectivity index (χ4v) is 3.28. The third kappa shape index (κ3) is 2.94. The number of phenolic OH excluding ortho intramolecular Hbond substituents is 1. The van der Waals surface area contributed by atoms with E-state index >= 15 is 0 Å². The monoisotopic (exact) mass is 351 g/mol. The van der Waals surface area contributed by atoms with Crippen molar-refractivity contribution in [1.82, 2.24) is 9.55 Å². The molecule has 0 spiro atoms. The Morgan fingerprint density at radius 2 is 1.77 bits per heavy atom. The molecule has 0 aliphatic carbocycles. The minimum atomic E-state index is -0.839. The summed E-state index contributed by atoms with van der Waals surface area (Å²) in [6.45, 7) is 2.19. The van der Waals surface area contributed by atoms with E-state index in [1.807, 2.05) is 16.7 Å². The van der Waals surface area contributed by atoms with E-state index in [-0.39, 0.29) is 5.56 Å². The van der Waals surface area contributed by atoms with Crippen molar-refractivity contribution in [2.24, 2.45) is 0 Å². The number of nitrogens with zero attached hydrogens (tertiary/aromatic N) is 3. The van der Waals surface area contributed by atoms with Gasteiger partial charge in [-0.1, -0.05) is 0 Å². The molecule has 6 heteroatoms. The van der Waals surface area contributed by atoms with Gasteiger partial charge in [-0.15, -0.1) is 0 Å². The number of hydrogen-bond acceptors (Lipinski definition) is 4. The summed E-state index contributed by atoms with van der Waals surface area (Å²) in [5, 5.41) is 9.53. The van der Waals surface area contributed by atoms with E-state index in [0.717, 1.165) is 18.8 Å². The Balaban J connectivity index is 1.62. The normalized spacial score (nSPS) is 14.0. The largest absolute Gasteiger partial charge is 0.504 e. The lowest BCUT2D eigenvalue weighted by Crippen LogP contribution is -2.17. The fourth-order valence-electron chi connectivity index (χ4n) is 3.28. The Morgan fingerprint density at radius 1 is 1.08 bits per heavy atom. The molecular weight excluding hydrogens is 333 g/mol. The predicted octanol–water partition coefficient (Wildman–Crippen LogP) is 3.80. The van der Waals surface area contributed by atoms with Crippen LogP contribution < -0.4 is 4.90 Å². The Bertz CT molecular complexity index is 944. The molecule has 1 aliphatic rings. The van der Waals surface area contributed by atoms with Gasteiger partial charge >= 0.3 is 0 Å². The van der Waals surface area contributed by atoms with E-state index in [1.165, 1.54) is 30.7 Å². The molecule has 26 heavy (non-hydrogen) atoms. The van der Waals surface area contributed by atoms with E-state index in [1.54, 1.807) is 12.5 Å². The maximum absolute atomic E-state index is 13.8. The SMILES string of the molecule is O=Cc1cc(-c2cn(-c3ccc(N4CCCC4)cc3)cn2)cc(F)c1O. The van der Waals surface area contributed by atoms with Crippen molar-refractivity contribution in [3.63, 3.8) is 0 Å². The summed E-state index contributed by atoms with van der Waals surface area (Å²) in [5.41, 5.74) is 3.03. The smallest absolute Gasteiger partial charge is 0.166 e. The zero-order valence-corrected chi connectivity index (χ0v) is 14.1. The number of aldehydes is 1.